The lowest BCUT2D eigenvalue weighted by Crippen LogP contribution is -2.79. The van der Waals surface area contributed by atoms with Crippen LogP contribution in [0.15, 0.2) is 0 Å². The summed E-state index contributed by atoms with van der Waals surface area (Å²) in [6.45, 7) is -0.679. The highest BCUT2D eigenvalue weighted by Crippen LogP contribution is 2.59. The second-order valence-corrected chi connectivity index (χ2v) is 5.69. The summed E-state index contributed by atoms with van der Waals surface area (Å²) in [7, 11) is 0. The van der Waals surface area contributed by atoms with Crippen LogP contribution in [0.4, 0.5) is 57.1 Å². The third kappa shape index (κ3) is 2.94. The molecule has 27 heavy (non-hydrogen) atoms. The van der Waals surface area contributed by atoms with Crippen molar-refractivity contribution in [1.82, 2.24) is 4.90 Å². The van der Waals surface area contributed by atoms with Crippen LogP contribution in [0.25, 0.3) is 0 Å². The average Bonchev–Trinajstić information content (AvgIpc) is 2.96. The van der Waals surface area contributed by atoms with E-state index < -0.39 is 72.9 Å². The van der Waals surface area contributed by atoms with E-state index in [9.17, 15) is 57.1 Å². The molecule has 0 bridgehead atoms. The van der Waals surface area contributed by atoms with Crippen molar-refractivity contribution >= 4 is 0 Å². The summed E-state index contributed by atoms with van der Waals surface area (Å²) in [5.74, 6) is 0. The first-order valence-corrected chi connectivity index (χ1v) is 6.86. The fourth-order valence-corrected chi connectivity index (χ4v) is 2.59. The van der Waals surface area contributed by atoms with Crippen LogP contribution in [0.5, 0.6) is 0 Å². The molecule has 0 spiro atoms. The molecule has 0 amide bonds. The first-order chi connectivity index (χ1) is 11.8. The van der Waals surface area contributed by atoms with Crippen molar-refractivity contribution in [3.8, 4) is 0 Å². The van der Waals surface area contributed by atoms with Crippen LogP contribution in [0.2, 0.25) is 0 Å². The Bertz CT molecular complexity index is 547. The normalized spacial score (nSPS) is 33.4. The molecule has 0 aromatic rings. The van der Waals surface area contributed by atoms with Crippen LogP contribution in [-0.4, -0.2) is 60.1 Å². The topological polar surface area (TPSA) is 21.7 Å². The Morgan fingerprint density at radius 3 is 1.63 bits per heavy atom. The molecule has 160 valence electrons. The molecule has 3 atom stereocenters. The first-order valence-electron chi connectivity index (χ1n) is 6.86. The monoisotopic (exact) mass is 433 g/mol. The maximum atomic E-state index is 14.5. The van der Waals surface area contributed by atoms with E-state index in [1.54, 1.807) is 0 Å². The van der Waals surface area contributed by atoms with Crippen molar-refractivity contribution in [2.24, 2.45) is 0 Å². The average molecular weight is 433 g/mol. The second-order valence-electron chi connectivity index (χ2n) is 5.69. The van der Waals surface area contributed by atoms with Gasteiger partial charge in [0.25, 0.3) is 5.67 Å². The highest BCUT2D eigenvalue weighted by Gasteiger charge is 2.87. The molecule has 2 rings (SSSR count). The number of ether oxygens (including phenoxy) is 2. The minimum Gasteiger partial charge on any atom is -0.374 e. The molecular formula is C11H8F13NO2. The van der Waals surface area contributed by atoms with Crippen molar-refractivity contribution in [3.63, 3.8) is 0 Å². The Kier molecular flexibility index (Phi) is 4.93. The van der Waals surface area contributed by atoms with E-state index >= 15 is 0 Å². The number of alkyl halides is 13. The minimum atomic E-state index is -6.79. The first kappa shape index (κ1) is 22.3. The Labute approximate surface area is 141 Å². The third-order valence-corrected chi connectivity index (χ3v) is 3.97. The minimum absolute atomic E-state index is 0.401. The van der Waals surface area contributed by atoms with Gasteiger partial charge in [0, 0.05) is 6.61 Å². The van der Waals surface area contributed by atoms with E-state index in [1.807, 2.05) is 4.74 Å². The number of rotatable bonds is 3. The molecule has 0 aliphatic carbocycles. The number of hydrogen-bond donors (Lipinski definition) is 0. The summed E-state index contributed by atoms with van der Waals surface area (Å²) in [6, 6.07) is -13.6. The molecule has 16 heteroatoms. The Morgan fingerprint density at radius 1 is 0.852 bits per heavy atom. The van der Waals surface area contributed by atoms with Crippen molar-refractivity contribution in [1.29, 1.82) is 0 Å². The SMILES string of the molecule is FC(N1C(F)(F)C(F)(F)OC(F)(F)C1(F)F)C(F)(C1CCCO1)C(F)(F)F. The van der Waals surface area contributed by atoms with Gasteiger partial charge in [0.2, 0.25) is 6.30 Å². The van der Waals surface area contributed by atoms with Crippen LogP contribution < -0.4 is 0 Å². The Balaban J connectivity index is 2.65. The zero-order chi connectivity index (χ0) is 21.3. The third-order valence-electron chi connectivity index (χ3n) is 3.97. The highest BCUT2D eigenvalue weighted by molar-refractivity contribution is 5.07. The predicted octanol–water partition coefficient (Wildman–Crippen LogP) is 4.44. The zero-order valence-electron chi connectivity index (χ0n) is 12.5. The van der Waals surface area contributed by atoms with E-state index in [4.69, 9.17) is 0 Å². The molecule has 0 aromatic heterocycles. The van der Waals surface area contributed by atoms with E-state index in [2.05, 4.69) is 4.74 Å². The van der Waals surface area contributed by atoms with Gasteiger partial charge in [0.15, 0.2) is 0 Å². The van der Waals surface area contributed by atoms with Crippen molar-refractivity contribution in [2.75, 3.05) is 6.61 Å². The van der Waals surface area contributed by atoms with Crippen molar-refractivity contribution in [3.05, 3.63) is 0 Å². The number of morpholine rings is 1. The van der Waals surface area contributed by atoms with Crippen LogP contribution >= 0.6 is 0 Å². The lowest BCUT2D eigenvalue weighted by Gasteiger charge is -2.50. The zero-order valence-corrected chi connectivity index (χ0v) is 12.5. The van der Waals surface area contributed by atoms with Gasteiger partial charge in [-0.2, -0.15) is 48.3 Å². The molecule has 2 heterocycles. The van der Waals surface area contributed by atoms with Gasteiger partial charge >= 0.3 is 30.5 Å². The molecule has 0 aromatic carbocycles. The molecule has 0 saturated carbocycles. The molecule has 2 aliphatic rings. The van der Waals surface area contributed by atoms with Gasteiger partial charge in [-0.3, -0.25) is 0 Å². The molecular weight excluding hydrogens is 425 g/mol. The van der Waals surface area contributed by atoms with Gasteiger partial charge in [-0.05, 0) is 12.8 Å². The standard InChI is InChI=1S/C11H8F13NO2/c12-5(6(13,7(14,15)16)4-2-1-3-26-4)25-8(17,18)10(21,22)27-11(23,24)9(25,19)20/h4-5H,1-3H2. The summed E-state index contributed by atoms with van der Waals surface area (Å²) in [6.07, 6.45) is -29.6. The van der Waals surface area contributed by atoms with Gasteiger partial charge in [-0.1, -0.05) is 0 Å². The van der Waals surface area contributed by atoms with Crippen LogP contribution in [-0.2, 0) is 9.47 Å². The number of halogens is 13. The number of nitrogens with zero attached hydrogens (tertiary/aromatic N) is 1. The lowest BCUT2D eigenvalue weighted by atomic mass is 9.92. The molecule has 0 N–H and O–H groups in total. The van der Waals surface area contributed by atoms with Crippen molar-refractivity contribution < 1.29 is 66.5 Å². The van der Waals surface area contributed by atoms with Crippen molar-refractivity contribution in [2.45, 2.75) is 61.4 Å². The molecule has 0 radical (unpaired) electrons. The maximum absolute atomic E-state index is 14.5. The molecule has 3 nitrogen and oxygen atoms in total. The van der Waals surface area contributed by atoms with Gasteiger partial charge in [0.1, 0.15) is 6.10 Å². The molecule has 3 unspecified atom stereocenters. The Morgan fingerprint density at radius 2 is 1.30 bits per heavy atom. The highest BCUT2D eigenvalue weighted by atomic mass is 19.4. The van der Waals surface area contributed by atoms with Gasteiger partial charge in [-0.15, -0.1) is 4.90 Å². The van der Waals surface area contributed by atoms with E-state index in [1.165, 1.54) is 0 Å². The quantitative estimate of drug-likeness (QED) is 0.486. The van der Waals surface area contributed by atoms with E-state index in [-0.39, 0.29) is 0 Å². The summed E-state index contributed by atoms with van der Waals surface area (Å²) in [5.41, 5.74) is -5.76. The fraction of sp³-hybridized carbons (Fsp3) is 1.00. The fourth-order valence-electron chi connectivity index (χ4n) is 2.59. The second kappa shape index (κ2) is 5.98. The van der Waals surface area contributed by atoms with Crippen LogP contribution in [0.3, 0.4) is 0 Å². The van der Waals surface area contributed by atoms with Gasteiger partial charge in [-0.25, -0.2) is 13.5 Å². The summed E-state index contributed by atoms with van der Waals surface area (Å²) >= 11 is 0. The molecule has 2 fully saturated rings. The summed E-state index contributed by atoms with van der Waals surface area (Å²) < 4.78 is 180. The van der Waals surface area contributed by atoms with Crippen LogP contribution in [0, 0.1) is 0 Å². The van der Waals surface area contributed by atoms with Gasteiger partial charge < -0.3 is 4.74 Å². The summed E-state index contributed by atoms with van der Waals surface area (Å²) in [5, 5.41) is 0. The Hall–Kier alpha value is -1.03. The molecule has 2 aliphatic heterocycles. The summed E-state index contributed by atoms with van der Waals surface area (Å²) in [4.78, 5) is -3.15. The van der Waals surface area contributed by atoms with E-state index in [0.717, 1.165) is 0 Å². The van der Waals surface area contributed by atoms with Gasteiger partial charge in [0.05, 0.1) is 0 Å². The molecule has 2 saturated heterocycles. The number of hydrogen-bond acceptors (Lipinski definition) is 3. The smallest absolute Gasteiger partial charge is 0.374 e. The lowest BCUT2D eigenvalue weighted by molar-refractivity contribution is -0.576. The maximum Gasteiger partial charge on any atom is 0.439 e. The largest absolute Gasteiger partial charge is 0.439 e. The van der Waals surface area contributed by atoms with Crippen LogP contribution in [0.1, 0.15) is 12.8 Å². The predicted molar refractivity (Wildman–Crippen MR) is 56.5 cm³/mol. The van der Waals surface area contributed by atoms with E-state index in [0.29, 0.717) is 0 Å².